The van der Waals surface area contributed by atoms with Crippen molar-refractivity contribution in [3.05, 3.63) is 47.6 Å². The van der Waals surface area contributed by atoms with Crippen LogP contribution in [0.5, 0.6) is 5.75 Å². The first-order valence-electron chi connectivity index (χ1n) is 6.38. The molecule has 112 valence electrons. The summed E-state index contributed by atoms with van der Waals surface area (Å²) in [5.41, 5.74) is 0.578. The van der Waals surface area contributed by atoms with Gasteiger partial charge in [0.1, 0.15) is 12.3 Å². The second-order valence-corrected chi connectivity index (χ2v) is 4.70. The lowest BCUT2D eigenvalue weighted by Gasteiger charge is -2.03. The fraction of sp³-hybridized carbons (Fsp3) is 0.286. The van der Waals surface area contributed by atoms with Crippen molar-refractivity contribution in [2.24, 2.45) is 0 Å². The van der Waals surface area contributed by atoms with E-state index in [-0.39, 0.29) is 24.8 Å². The second kappa shape index (κ2) is 7.68. The molecular weight excluding hydrogens is 295 g/mol. The average molecular weight is 310 g/mol. The predicted octanol–water partition coefficient (Wildman–Crippen LogP) is 2.33. The third kappa shape index (κ3) is 4.78. The smallest absolute Gasteiger partial charge is 0.221 e. The molecule has 0 atom stereocenters. The molecule has 1 N–H and O–H groups in total. The Morgan fingerprint density at radius 2 is 2.24 bits per heavy atom. The third-order valence-electron chi connectivity index (χ3n) is 2.62. The molecule has 0 aliphatic carbocycles. The van der Waals surface area contributed by atoms with Crippen molar-refractivity contribution in [3.8, 4) is 5.75 Å². The highest BCUT2D eigenvalue weighted by molar-refractivity contribution is 7.80. The van der Waals surface area contributed by atoms with Crippen LogP contribution in [0.3, 0.4) is 0 Å². The summed E-state index contributed by atoms with van der Waals surface area (Å²) in [6.45, 7) is 0.342. The molecule has 0 fully saturated rings. The average Bonchev–Trinajstić information content (AvgIpc) is 2.93. The molecule has 21 heavy (non-hydrogen) atoms. The molecule has 1 aromatic heterocycles. The SMILES string of the molecule is O=C(CCS)NCc1cc(COc2ccccc2F)on1. The standard InChI is InChI=1S/C14H15FN2O3S/c15-12-3-1-2-4-13(12)19-9-11-7-10(17-20-11)8-16-14(18)5-6-21/h1-4,7,21H,5-6,8-9H2,(H,16,18). The number of nitrogens with zero attached hydrogens (tertiary/aromatic N) is 1. The van der Waals surface area contributed by atoms with Crippen molar-refractivity contribution in [3.63, 3.8) is 0 Å². The Hall–Kier alpha value is -2.02. The van der Waals surface area contributed by atoms with Gasteiger partial charge in [-0.3, -0.25) is 4.79 Å². The van der Waals surface area contributed by atoms with Crippen molar-refractivity contribution in [1.82, 2.24) is 10.5 Å². The first-order chi connectivity index (χ1) is 10.2. The van der Waals surface area contributed by atoms with Crippen LogP contribution in [-0.4, -0.2) is 16.8 Å². The van der Waals surface area contributed by atoms with E-state index in [1.54, 1.807) is 18.2 Å². The zero-order chi connectivity index (χ0) is 15.1. The molecule has 1 amide bonds. The van der Waals surface area contributed by atoms with Crippen LogP contribution in [0.2, 0.25) is 0 Å². The van der Waals surface area contributed by atoms with Crippen LogP contribution >= 0.6 is 12.6 Å². The van der Waals surface area contributed by atoms with Crippen LogP contribution in [-0.2, 0) is 17.9 Å². The maximum Gasteiger partial charge on any atom is 0.221 e. The Morgan fingerprint density at radius 1 is 1.43 bits per heavy atom. The van der Waals surface area contributed by atoms with Gasteiger partial charge in [-0.15, -0.1) is 0 Å². The molecule has 7 heteroatoms. The van der Waals surface area contributed by atoms with E-state index in [9.17, 15) is 9.18 Å². The van der Waals surface area contributed by atoms with Crippen LogP contribution in [0.4, 0.5) is 4.39 Å². The van der Waals surface area contributed by atoms with Crippen molar-refractivity contribution in [2.75, 3.05) is 5.75 Å². The van der Waals surface area contributed by atoms with E-state index in [2.05, 4.69) is 23.1 Å². The van der Waals surface area contributed by atoms with Crippen molar-refractivity contribution < 1.29 is 18.4 Å². The monoisotopic (exact) mass is 310 g/mol. The quantitative estimate of drug-likeness (QED) is 0.770. The Balaban J connectivity index is 1.83. The third-order valence-corrected chi connectivity index (χ3v) is 2.84. The molecule has 0 aliphatic rings. The van der Waals surface area contributed by atoms with Crippen LogP contribution < -0.4 is 10.1 Å². The molecule has 0 spiro atoms. The van der Waals surface area contributed by atoms with Gasteiger partial charge in [0.25, 0.3) is 0 Å². The number of benzene rings is 1. The van der Waals surface area contributed by atoms with Crippen LogP contribution in [0.1, 0.15) is 17.9 Å². The van der Waals surface area contributed by atoms with Crippen molar-refractivity contribution >= 4 is 18.5 Å². The Kier molecular flexibility index (Phi) is 5.62. The van der Waals surface area contributed by atoms with E-state index < -0.39 is 5.82 Å². The van der Waals surface area contributed by atoms with Gasteiger partial charge in [0.05, 0.1) is 6.54 Å². The summed E-state index contributed by atoms with van der Waals surface area (Å²) in [6.07, 6.45) is 0.351. The number of carbonyl (C=O) groups excluding carboxylic acids is 1. The highest BCUT2D eigenvalue weighted by Crippen LogP contribution is 2.17. The molecule has 0 radical (unpaired) electrons. The van der Waals surface area contributed by atoms with Gasteiger partial charge in [-0.1, -0.05) is 17.3 Å². The molecule has 0 bridgehead atoms. The Bertz CT molecular complexity index is 603. The van der Waals surface area contributed by atoms with E-state index in [1.807, 2.05) is 0 Å². The number of amides is 1. The highest BCUT2D eigenvalue weighted by atomic mass is 32.1. The summed E-state index contributed by atoms with van der Waals surface area (Å²) in [5.74, 6) is 0.564. The molecular formula is C14H15FN2O3S. The summed E-state index contributed by atoms with van der Waals surface area (Å²) >= 11 is 3.97. The number of hydrogen-bond acceptors (Lipinski definition) is 5. The fourth-order valence-electron chi connectivity index (χ4n) is 1.60. The van der Waals surface area contributed by atoms with Gasteiger partial charge >= 0.3 is 0 Å². The van der Waals surface area contributed by atoms with Crippen LogP contribution in [0.25, 0.3) is 0 Å². The summed E-state index contributed by atoms with van der Waals surface area (Å²) in [6, 6.07) is 7.77. The maximum atomic E-state index is 13.4. The summed E-state index contributed by atoms with van der Waals surface area (Å²) in [5, 5.41) is 6.49. The highest BCUT2D eigenvalue weighted by Gasteiger charge is 2.08. The first-order valence-corrected chi connectivity index (χ1v) is 7.01. The van der Waals surface area contributed by atoms with E-state index >= 15 is 0 Å². The Morgan fingerprint density at radius 3 is 3.00 bits per heavy atom. The summed E-state index contributed by atoms with van der Waals surface area (Å²) < 4.78 is 23.7. The van der Waals surface area contributed by atoms with E-state index in [4.69, 9.17) is 9.26 Å². The number of thiol groups is 1. The molecule has 0 unspecified atom stereocenters. The number of nitrogens with one attached hydrogen (secondary N) is 1. The molecule has 2 aromatic rings. The largest absolute Gasteiger partial charge is 0.482 e. The fourth-order valence-corrected chi connectivity index (χ4v) is 1.80. The number of halogens is 1. The van der Waals surface area contributed by atoms with E-state index in [0.717, 1.165) is 0 Å². The van der Waals surface area contributed by atoms with Crippen molar-refractivity contribution in [1.29, 1.82) is 0 Å². The molecule has 0 saturated carbocycles. The molecule has 1 heterocycles. The minimum absolute atomic E-state index is 0.0680. The molecule has 1 aromatic carbocycles. The van der Waals surface area contributed by atoms with Gasteiger partial charge in [0, 0.05) is 12.5 Å². The zero-order valence-electron chi connectivity index (χ0n) is 11.2. The van der Waals surface area contributed by atoms with E-state index in [0.29, 0.717) is 23.6 Å². The lowest BCUT2D eigenvalue weighted by molar-refractivity contribution is -0.120. The zero-order valence-corrected chi connectivity index (χ0v) is 12.1. The second-order valence-electron chi connectivity index (χ2n) is 4.25. The number of para-hydroxylation sites is 1. The normalized spacial score (nSPS) is 10.4. The van der Waals surface area contributed by atoms with Gasteiger partial charge in [-0.05, 0) is 17.9 Å². The molecule has 2 rings (SSSR count). The van der Waals surface area contributed by atoms with Crippen molar-refractivity contribution in [2.45, 2.75) is 19.6 Å². The van der Waals surface area contributed by atoms with Crippen LogP contribution in [0.15, 0.2) is 34.9 Å². The Labute approximate surface area is 126 Å². The van der Waals surface area contributed by atoms with Gasteiger partial charge < -0.3 is 14.6 Å². The van der Waals surface area contributed by atoms with Gasteiger partial charge in [-0.2, -0.15) is 12.6 Å². The van der Waals surface area contributed by atoms with Gasteiger partial charge in [0.15, 0.2) is 17.3 Å². The lowest BCUT2D eigenvalue weighted by Crippen LogP contribution is -2.22. The minimum atomic E-state index is -0.434. The summed E-state index contributed by atoms with van der Waals surface area (Å²) in [4.78, 5) is 11.3. The lowest BCUT2D eigenvalue weighted by atomic mass is 10.3. The van der Waals surface area contributed by atoms with E-state index in [1.165, 1.54) is 12.1 Å². The number of aromatic nitrogens is 1. The van der Waals surface area contributed by atoms with Gasteiger partial charge in [0.2, 0.25) is 5.91 Å². The number of ether oxygens (including phenoxy) is 1. The number of hydrogen-bond donors (Lipinski definition) is 2. The topological polar surface area (TPSA) is 64.4 Å². The number of rotatable bonds is 7. The van der Waals surface area contributed by atoms with Crippen LogP contribution in [0, 0.1) is 5.82 Å². The predicted molar refractivity (Wildman–Crippen MR) is 77.6 cm³/mol. The number of carbonyl (C=O) groups is 1. The summed E-state index contributed by atoms with van der Waals surface area (Å²) in [7, 11) is 0. The van der Waals surface area contributed by atoms with Gasteiger partial charge in [-0.25, -0.2) is 4.39 Å². The minimum Gasteiger partial charge on any atom is -0.482 e. The first kappa shape index (κ1) is 15.4. The molecule has 0 aliphatic heterocycles. The molecule has 0 saturated heterocycles. The molecule has 5 nitrogen and oxygen atoms in total. The maximum absolute atomic E-state index is 13.4.